The van der Waals surface area contributed by atoms with Crippen molar-refractivity contribution >= 4 is 32.7 Å². The quantitative estimate of drug-likeness (QED) is 0.777. The van der Waals surface area contributed by atoms with Crippen LogP contribution in [0.3, 0.4) is 0 Å². The van der Waals surface area contributed by atoms with Crippen LogP contribution in [0.1, 0.15) is 11.1 Å². The van der Waals surface area contributed by atoms with Gasteiger partial charge in [0, 0.05) is 37.8 Å². The van der Waals surface area contributed by atoms with Crippen molar-refractivity contribution in [2.75, 3.05) is 31.7 Å². The number of hydrogen-bond donors (Lipinski definition) is 2. The van der Waals surface area contributed by atoms with E-state index in [9.17, 15) is 18.0 Å². The van der Waals surface area contributed by atoms with E-state index in [1.807, 2.05) is 0 Å². The number of aryl methyl sites for hydroxylation is 2. The lowest BCUT2D eigenvalue weighted by molar-refractivity contribution is 0.252. The molecule has 9 heteroatoms. The third-order valence-electron chi connectivity index (χ3n) is 3.75. The SMILES string of the molecule is Cc1cc2oc(=O)cc(C)c2cc1NC(=O)NCCS(=O)(=O)N(C)C. The van der Waals surface area contributed by atoms with E-state index < -0.39 is 21.7 Å². The van der Waals surface area contributed by atoms with Gasteiger partial charge in [-0.2, -0.15) is 0 Å². The van der Waals surface area contributed by atoms with Crippen LogP contribution >= 0.6 is 0 Å². The van der Waals surface area contributed by atoms with Gasteiger partial charge >= 0.3 is 11.7 Å². The number of carbonyl (C=O) groups is 1. The van der Waals surface area contributed by atoms with Gasteiger partial charge in [0.2, 0.25) is 10.0 Å². The number of amides is 2. The molecule has 2 N–H and O–H groups in total. The Morgan fingerprint density at radius 3 is 2.48 bits per heavy atom. The van der Waals surface area contributed by atoms with Gasteiger partial charge in [0.05, 0.1) is 5.75 Å². The summed E-state index contributed by atoms with van der Waals surface area (Å²) in [5, 5.41) is 5.91. The van der Waals surface area contributed by atoms with Gasteiger partial charge in [0.15, 0.2) is 0 Å². The molecule has 1 aromatic carbocycles. The monoisotopic (exact) mass is 367 g/mol. The Morgan fingerprint density at radius 1 is 1.16 bits per heavy atom. The molecule has 0 aliphatic carbocycles. The van der Waals surface area contributed by atoms with Crippen molar-refractivity contribution < 1.29 is 17.6 Å². The Hall–Kier alpha value is -2.39. The topological polar surface area (TPSA) is 109 Å². The molecule has 0 saturated carbocycles. The zero-order chi connectivity index (χ0) is 18.8. The first-order valence-electron chi connectivity index (χ1n) is 7.60. The minimum absolute atomic E-state index is 0.00706. The first-order valence-corrected chi connectivity index (χ1v) is 9.21. The van der Waals surface area contributed by atoms with Crippen LogP contribution in [0.25, 0.3) is 11.0 Å². The Labute approximate surface area is 145 Å². The third-order valence-corrected chi connectivity index (χ3v) is 5.58. The number of rotatable bonds is 5. The highest BCUT2D eigenvalue weighted by Crippen LogP contribution is 2.24. The maximum Gasteiger partial charge on any atom is 0.336 e. The average molecular weight is 367 g/mol. The number of nitrogens with zero attached hydrogens (tertiary/aromatic N) is 1. The summed E-state index contributed by atoms with van der Waals surface area (Å²) in [6.07, 6.45) is 0. The predicted octanol–water partition coefficient (Wildman–Crippen LogP) is 1.42. The molecule has 0 unspecified atom stereocenters. The molecule has 0 fully saturated rings. The van der Waals surface area contributed by atoms with Crippen molar-refractivity contribution in [1.29, 1.82) is 0 Å². The van der Waals surface area contributed by atoms with Crippen molar-refractivity contribution in [3.63, 3.8) is 0 Å². The zero-order valence-electron chi connectivity index (χ0n) is 14.5. The fraction of sp³-hybridized carbons (Fsp3) is 0.375. The van der Waals surface area contributed by atoms with Crippen LogP contribution in [0.2, 0.25) is 0 Å². The maximum absolute atomic E-state index is 12.0. The highest BCUT2D eigenvalue weighted by Gasteiger charge is 2.14. The van der Waals surface area contributed by atoms with Crippen LogP contribution < -0.4 is 16.3 Å². The van der Waals surface area contributed by atoms with E-state index in [1.54, 1.807) is 26.0 Å². The van der Waals surface area contributed by atoms with Crippen molar-refractivity contribution in [2.45, 2.75) is 13.8 Å². The lowest BCUT2D eigenvalue weighted by Crippen LogP contribution is -2.36. The van der Waals surface area contributed by atoms with Crippen molar-refractivity contribution in [3.05, 3.63) is 39.7 Å². The number of fused-ring (bicyclic) bond motifs is 1. The van der Waals surface area contributed by atoms with Gasteiger partial charge in [-0.1, -0.05) is 0 Å². The number of nitrogens with one attached hydrogen (secondary N) is 2. The van der Waals surface area contributed by atoms with Gasteiger partial charge in [0.1, 0.15) is 5.58 Å². The second-order valence-corrected chi connectivity index (χ2v) is 8.19. The van der Waals surface area contributed by atoms with Crippen LogP contribution in [-0.2, 0) is 10.0 Å². The molecule has 0 aliphatic heterocycles. The number of benzene rings is 1. The Balaban J connectivity index is 2.11. The fourth-order valence-corrected chi connectivity index (χ4v) is 2.97. The molecule has 25 heavy (non-hydrogen) atoms. The van der Waals surface area contributed by atoms with Gasteiger partial charge in [-0.05, 0) is 37.1 Å². The third kappa shape index (κ3) is 4.58. The van der Waals surface area contributed by atoms with E-state index in [2.05, 4.69) is 10.6 Å². The first-order chi connectivity index (χ1) is 11.6. The number of sulfonamides is 1. The van der Waals surface area contributed by atoms with E-state index in [4.69, 9.17) is 4.42 Å². The summed E-state index contributed by atoms with van der Waals surface area (Å²) in [4.78, 5) is 23.4. The normalized spacial score (nSPS) is 11.7. The summed E-state index contributed by atoms with van der Waals surface area (Å²) in [7, 11) is -0.486. The molecular weight excluding hydrogens is 346 g/mol. The summed E-state index contributed by atoms with van der Waals surface area (Å²) in [5.41, 5.74) is 2.04. The van der Waals surface area contributed by atoms with E-state index in [-0.39, 0.29) is 12.3 Å². The van der Waals surface area contributed by atoms with Gasteiger partial charge in [-0.15, -0.1) is 0 Å². The molecule has 0 spiro atoms. The first kappa shape index (κ1) is 18.9. The van der Waals surface area contributed by atoms with E-state index in [0.29, 0.717) is 11.3 Å². The molecular formula is C16H21N3O5S. The standard InChI is InChI=1S/C16H21N3O5S/c1-10-8-15(20)24-14-7-11(2)13(9-12(10)14)18-16(21)17-5-6-25(22,23)19(3)4/h7-9H,5-6H2,1-4H3,(H2,17,18,21). The minimum atomic E-state index is -3.36. The van der Waals surface area contributed by atoms with Crippen molar-refractivity contribution in [3.8, 4) is 0 Å². The zero-order valence-corrected chi connectivity index (χ0v) is 15.4. The molecule has 2 amide bonds. The van der Waals surface area contributed by atoms with E-state index >= 15 is 0 Å². The van der Waals surface area contributed by atoms with Crippen LogP contribution in [0.15, 0.2) is 27.4 Å². The largest absolute Gasteiger partial charge is 0.423 e. The Bertz CT molecular complexity index is 964. The van der Waals surface area contributed by atoms with Crippen molar-refractivity contribution in [2.24, 2.45) is 0 Å². The summed E-state index contributed by atoms with van der Waals surface area (Å²) in [6.45, 7) is 3.55. The Morgan fingerprint density at radius 2 is 1.84 bits per heavy atom. The number of carbonyl (C=O) groups excluding carboxylic acids is 1. The average Bonchev–Trinajstić information content (AvgIpc) is 2.48. The van der Waals surface area contributed by atoms with Crippen LogP contribution in [-0.4, -0.2) is 45.1 Å². The number of anilines is 1. The lowest BCUT2D eigenvalue weighted by Gasteiger charge is -2.13. The molecule has 8 nitrogen and oxygen atoms in total. The van der Waals surface area contributed by atoms with Crippen LogP contribution in [0.4, 0.5) is 10.5 Å². The van der Waals surface area contributed by atoms with Gasteiger partial charge in [0.25, 0.3) is 0 Å². The molecule has 1 aromatic heterocycles. The number of hydrogen-bond acceptors (Lipinski definition) is 5. The summed E-state index contributed by atoms with van der Waals surface area (Å²) in [5.74, 6) is -0.186. The molecule has 0 atom stereocenters. The second-order valence-electron chi connectivity index (χ2n) is 5.89. The molecule has 0 bridgehead atoms. The molecule has 2 aromatic rings. The van der Waals surface area contributed by atoms with Gasteiger partial charge in [-0.3, -0.25) is 0 Å². The summed E-state index contributed by atoms with van der Waals surface area (Å²) in [6, 6.07) is 4.27. The molecule has 0 radical (unpaired) electrons. The molecule has 0 aliphatic rings. The highest BCUT2D eigenvalue weighted by atomic mass is 32.2. The second kappa shape index (κ2) is 7.24. The minimum Gasteiger partial charge on any atom is -0.423 e. The summed E-state index contributed by atoms with van der Waals surface area (Å²) >= 11 is 0. The van der Waals surface area contributed by atoms with Crippen LogP contribution in [0, 0.1) is 13.8 Å². The molecule has 2 rings (SSSR count). The highest BCUT2D eigenvalue weighted by molar-refractivity contribution is 7.89. The van der Waals surface area contributed by atoms with E-state index in [1.165, 1.54) is 20.2 Å². The number of urea groups is 1. The molecule has 136 valence electrons. The van der Waals surface area contributed by atoms with Crippen molar-refractivity contribution in [1.82, 2.24) is 9.62 Å². The summed E-state index contributed by atoms with van der Waals surface area (Å²) < 4.78 is 29.6. The van der Waals surface area contributed by atoms with Crippen LogP contribution in [0.5, 0.6) is 0 Å². The Kier molecular flexibility index (Phi) is 5.48. The maximum atomic E-state index is 12.0. The lowest BCUT2D eigenvalue weighted by atomic mass is 10.1. The van der Waals surface area contributed by atoms with Gasteiger partial charge < -0.3 is 15.1 Å². The fourth-order valence-electron chi connectivity index (χ4n) is 2.24. The van der Waals surface area contributed by atoms with Gasteiger partial charge in [-0.25, -0.2) is 22.3 Å². The smallest absolute Gasteiger partial charge is 0.336 e. The molecule has 1 heterocycles. The predicted molar refractivity (Wildman–Crippen MR) is 96.5 cm³/mol. The molecule has 0 saturated heterocycles. The van der Waals surface area contributed by atoms with E-state index in [0.717, 1.165) is 20.8 Å².